The van der Waals surface area contributed by atoms with Crippen LogP contribution >= 0.6 is 35.1 Å². The van der Waals surface area contributed by atoms with E-state index in [0.717, 1.165) is 34.1 Å². The Labute approximate surface area is 194 Å². The lowest BCUT2D eigenvalue weighted by molar-refractivity contribution is -0.116. The summed E-state index contributed by atoms with van der Waals surface area (Å²) in [7, 11) is 0. The molecule has 31 heavy (non-hydrogen) atoms. The molecule has 3 aromatic rings. The Morgan fingerprint density at radius 1 is 1.06 bits per heavy atom. The van der Waals surface area contributed by atoms with Gasteiger partial charge in [0.15, 0.2) is 5.16 Å². The molecule has 1 N–H and O–H groups in total. The molecule has 0 aliphatic heterocycles. The van der Waals surface area contributed by atoms with E-state index in [2.05, 4.69) is 10.2 Å². The number of aromatic nitrogens is 3. The van der Waals surface area contributed by atoms with Gasteiger partial charge in [-0.15, -0.1) is 22.0 Å². The minimum Gasteiger partial charge on any atom is -0.478 e. The third-order valence-corrected chi connectivity index (χ3v) is 6.74. The molecule has 0 atom stereocenters. The lowest BCUT2D eigenvalue weighted by Crippen LogP contribution is -2.08. The Balaban J connectivity index is 1.52. The number of carbonyl (C=O) groups excluding carboxylic acids is 1. The lowest BCUT2D eigenvalue weighted by atomic mass is 10.1. The highest BCUT2D eigenvalue weighted by molar-refractivity contribution is 7.99. The fraction of sp³-hybridized carbons (Fsp3) is 0.273. The van der Waals surface area contributed by atoms with Crippen LogP contribution in [0.25, 0.3) is 0 Å². The second-order valence-corrected chi connectivity index (χ2v) is 9.14. The maximum absolute atomic E-state index is 12.4. The number of ketones is 1. The molecule has 9 heteroatoms. The number of carboxylic acid groups (broad SMARTS) is 1. The van der Waals surface area contributed by atoms with Gasteiger partial charge in [0.1, 0.15) is 11.6 Å². The van der Waals surface area contributed by atoms with Crippen LogP contribution < -0.4 is 0 Å². The molecule has 2 aromatic carbocycles. The Morgan fingerprint density at radius 3 is 2.55 bits per heavy atom. The summed E-state index contributed by atoms with van der Waals surface area (Å²) in [5.41, 5.74) is 2.08. The zero-order valence-electron chi connectivity index (χ0n) is 17.0. The van der Waals surface area contributed by atoms with Gasteiger partial charge >= 0.3 is 5.97 Å². The molecule has 0 saturated heterocycles. The van der Waals surface area contributed by atoms with Crippen LogP contribution in [-0.2, 0) is 29.3 Å². The number of carboxylic acids is 1. The van der Waals surface area contributed by atoms with Crippen molar-refractivity contribution in [2.24, 2.45) is 0 Å². The van der Waals surface area contributed by atoms with E-state index in [9.17, 15) is 9.59 Å². The topological polar surface area (TPSA) is 85.1 Å². The van der Waals surface area contributed by atoms with Gasteiger partial charge in [-0.05, 0) is 42.3 Å². The highest BCUT2D eigenvalue weighted by atomic mass is 35.5. The number of rotatable bonds is 11. The minimum absolute atomic E-state index is 0.0110. The molecule has 0 spiro atoms. The van der Waals surface area contributed by atoms with E-state index in [1.165, 1.54) is 29.5 Å². The molecule has 0 unspecified atom stereocenters. The largest absolute Gasteiger partial charge is 0.478 e. The van der Waals surface area contributed by atoms with Crippen LogP contribution in [0.2, 0.25) is 5.02 Å². The van der Waals surface area contributed by atoms with Crippen molar-refractivity contribution in [2.75, 3.05) is 5.75 Å². The van der Waals surface area contributed by atoms with Gasteiger partial charge in [0.05, 0.1) is 17.1 Å². The van der Waals surface area contributed by atoms with E-state index in [1.807, 2.05) is 35.8 Å². The lowest BCUT2D eigenvalue weighted by Gasteiger charge is -2.07. The summed E-state index contributed by atoms with van der Waals surface area (Å²) in [6.07, 6.45) is 0.193. The summed E-state index contributed by atoms with van der Waals surface area (Å²) >= 11 is 9.03. The van der Waals surface area contributed by atoms with Crippen molar-refractivity contribution in [3.8, 4) is 0 Å². The number of nitrogens with zero attached hydrogens (tertiary/aromatic N) is 3. The first-order chi connectivity index (χ1) is 15.0. The van der Waals surface area contributed by atoms with E-state index >= 15 is 0 Å². The van der Waals surface area contributed by atoms with E-state index < -0.39 is 5.97 Å². The number of hydrogen-bond donors (Lipinski definition) is 1. The highest BCUT2D eigenvalue weighted by Crippen LogP contribution is 2.23. The molecule has 0 saturated carbocycles. The molecule has 0 aliphatic carbocycles. The van der Waals surface area contributed by atoms with Crippen molar-refractivity contribution in [2.45, 2.75) is 36.6 Å². The third kappa shape index (κ3) is 6.85. The summed E-state index contributed by atoms with van der Waals surface area (Å²) in [5, 5.41) is 19.1. The molecule has 162 valence electrons. The maximum Gasteiger partial charge on any atom is 0.335 e. The number of halogens is 1. The number of aromatic carboxylic acids is 1. The van der Waals surface area contributed by atoms with Crippen molar-refractivity contribution < 1.29 is 14.7 Å². The van der Waals surface area contributed by atoms with Crippen LogP contribution in [0.1, 0.15) is 34.2 Å². The molecule has 0 radical (unpaired) electrons. The average molecular weight is 476 g/mol. The maximum atomic E-state index is 12.4. The van der Waals surface area contributed by atoms with Crippen molar-refractivity contribution in [1.82, 2.24) is 14.8 Å². The van der Waals surface area contributed by atoms with Crippen LogP contribution in [0.4, 0.5) is 0 Å². The number of carbonyl (C=O) groups is 2. The van der Waals surface area contributed by atoms with Crippen LogP contribution in [0, 0.1) is 0 Å². The third-order valence-electron chi connectivity index (χ3n) is 4.46. The summed E-state index contributed by atoms with van der Waals surface area (Å²) in [4.78, 5) is 23.5. The van der Waals surface area contributed by atoms with Crippen molar-refractivity contribution in [3.63, 3.8) is 0 Å². The average Bonchev–Trinajstić information content (AvgIpc) is 3.15. The SMILES string of the molecule is CCn1c(CSCc2ccc(Cl)cc2)nnc1SCC(=O)Cc1cccc(C(=O)O)c1. The number of Topliss-reactive ketones (excluding diaryl/α,β-unsaturated/α-hetero) is 1. The predicted molar refractivity (Wildman–Crippen MR) is 125 cm³/mol. The highest BCUT2D eigenvalue weighted by Gasteiger charge is 2.14. The Bertz CT molecular complexity index is 1050. The van der Waals surface area contributed by atoms with Gasteiger partial charge in [0.25, 0.3) is 0 Å². The molecule has 1 aromatic heterocycles. The second-order valence-electron chi connectivity index (χ2n) is 6.77. The standard InChI is InChI=1S/C22H22ClN3O3S2/c1-2-26-20(14-30-12-15-6-8-18(23)9-7-15)24-25-22(26)31-13-19(27)11-16-4-3-5-17(10-16)21(28)29/h3-10H,2,11-14H2,1H3,(H,28,29). The monoisotopic (exact) mass is 475 g/mol. The van der Waals surface area contributed by atoms with Crippen LogP contribution in [0.3, 0.4) is 0 Å². The van der Waals surface area contributed by atoms with Gasteiger partial charge in [-0.3, -0.25) is 4.79 Å². The van der Waals surface area contributed by atoms with Gasteiger partial charge < -0.3 is 9.67 Å². The summed E-state index contributed by atoms with van der Waals surface area (Å²) in [6.45, 7) is 2.75. The fourth-order valence-electron chi connectivity index (χ4n) is 2.93. The first-order valence-corrected chi connectivity index (χ1v) is 12.2. The van der Waals surface area contributed by atoms with Gasteiger partial charge in [0, 0.05) is 23.7 Å². The smallest absolute Gasteiger partial charge is 0.335 e. The summed E-state index contributed by atoms with van der Waals surface area (Å²) in [6, 6.07) is 14.3. The van der Waals surface area contributed by atoms with Crippen molar-refractivity contribution >= 4 is 46.9 Å². The Morgan fingerprint density at radius 2 is 1.84 bits per heavy atom. The zero-order valence-corrected chi connectivity index (χ0v) is 19.3. The van der Waals surface area contributed by atoms with E-state index in [1.54, 1.807) is 23.9 Å². The number of hydrogen-bond acceptors (Lipinski definition) is 6. The summed E-state index contributed by atoms with van der Waals surface area (Å²) in [5.74, 6) is 1.72. The van der Waals surface area contributed by atoms with Gasteiger partial charge in [-0.25, -0.2) is 4.79 Å². The Hall–Kier alpha value is -2.29. The first kappa shape index (κ1) is 23.4. The normalized spacial score (nSPS) is 10.9. The van der Waals surface area contributed by atoms with Crippen LogP contribution in [0.5, 0.6) is 0 Å². The molecule has 6 nitrogen and oxygen atoms in total. The summed E-state index contributed by atoms with van der Waals surface area (Å²) < 4.78 is 2.03. The molecule has 0 bridgehead atoms. The van der Waals surface area contributed by atoms with E-state index in [4.69, 9.17) is 16.7 Å². The quantitative estimate of drug-likeness (QED) is 0.391. The Kier molecular flexibility index (Phi) is 8.57. The van der Waals surface area contributed by atoms with Crippen LogP contribution in [0.15, 0.2) is 53.7 Å². The van der Waals surface area contributed by atoms with Crippen molar-refractivity contribution in [1.29, 1.82) is 0 Å². The molecule has 0 aliphatic rings. The first-order valence-electron chi connectivity index (χ1n) is 9.67. The molecular weight excluding hydrogens is 454 g/mol. The predicted octanol–water partition coefficient (Wildman–Crippen LogP) is 4.99. The molecular formula is C22H22ClN3O3S2. The van der Waals surface area contributed by atoms with Crippen LogP contribution in [-0.4, -0.2) is 37.4 Å². The zero-order chi connectivity index (χ0) is 22.2. The van der Waals surface area contributed by atoms with Gasteiger partial charge in [-0.1, -0.05) is 47.6 Å². The molecule has 0 fully saturated rings. The number of thioether (sulfide) groups is 2. The minimum atomic E-state index is -0.999. The van der Waals surface area contributed by atoms with Gasteiger partial charge in [0.2, 0.25) is 0 Å². The molecule has 1 heterocycles. The van der Waals surface area contributed by atoms with Crippen molar-refractivity contribution in [3.05, 3.63) is 76.1 Å². The number of benzene rings is 2. The fourth-order valence-corrected chi connectivity index (χ4v) is 4.86. The van der Waals surface area contributed by atoms with E-state index in [0.29, 0.717) is 5.56 Å². The van der Waals surface area contributed by atoms with Gasteiger partial charge in [-0.2, -0.15) is 0 Å². The molecule has 3 rings (SSSR count). The second kappa shape index (κ2) is 11.4. The molecule has 0 amide bonds. The van der Waals surface area contributed by atoms with E-state index in [-0.39, 0.29) is 23.5 Å².